The van der Waals surface area contributed by atoms with E-state index in [2.05, 4.69) is 6.92 Å². The van der Waals surface area contributed by atoms with Gasteiger partial charge in [0.2, 0.25) is 0 Å². The van der Waals surface area contributed by atoms with Crippen LogP contribution in [0.1, 0.15) is 24.8 Å². The molecule has 4 heteroatoms. The van der Waals surface area contributed by atoms with Crippen LogP contribution in [0.3, 0.4) is 0 Å². The molecule has 1 aromatic carbocycles. The van der Waals surface area contributed by atoms with Gasteiger partial charge >= 0.3 is 5.97 Å². The molecule has 1 aliphatic rings. The summed E-state index contributed by atoms with van der Waals surface area (Å²) in [4.78, 5) is 11.9. The molecule has 1 aromatic rings. The monoisotopic (exact) mass is 268 g/mol. The van der Waals surface area contributed by atoms with Gasteiger partial charge in [-0.25, -0.2) is 0 Å². The molecule has 98 valence electrons. The van der Waals surface area contributed by atoms with E-state index >= 15 is 0 Å². The number of carbonyl (C=O) groups excluding carboxylic acids is 1. The molecule has 1 aliphatic heterocycles. The Bertz CT molecular complexity index is 423. The molecule has 1 saturated heterocycles. The van der Waals surface area contributed by atoms with Crippen molar-refractivity contribution in [3.8, 4) is 0 Å². The number of ether oxygens (including phenoxy) is 2. The number of esters is 1. The lowest BCUT2D eigenvalue weighted by Crippen LogP contribution is -2.42. The predicted octanol–water partition coefficient (Wildman–Crippen LogP) is 3.02. The average Bonchev–Trinajstić information content (AvgIpc) is 2.34. The van der Waals surface area contributed by atoms with Gasteiger partial charge in [0.25, 0.3) is 0 Å². The van der Waals surface area contributed by atoms with Gasteiger partial charge in [-0.1, -0.05) is 30.7 Å². The van der Waals surface area contributed by atoms with Crippen LogP contribution >= 0.6 is 11.6 Å². The van der Waals surface area contributed by atoms with Crippen molar-refractivity contribution >= 4 is 17.6 Å². The number of hydrogen-bond acceptors (Lipinski definition) is 3. The molecule has 1 unspecified atom stereocenters. The zero-order valence-electron chi connectivity index (χ0n) is 10.6. The van der Waals surface area contributed by atoms with Crippen LogP contribution in [0.15, 0.2) is 24.3 Å². The quantitative estimate of drug-likeness (QED) is 0.788. The van der Waals surface area contributed by atoms with Crippen molar-refractivity contribution in [2.45, 2.75) is 19.3 Å². The Morgan fingerprint density at radius 3 is 2.50 bits per heavy atom. The van der Waals surface area contributed by atoms with Crippen molar-refractivity contribution in [2.24, 2.45) is 5.41 Å². The van der Waals surface area contributed by atoms with Gasteiger partial charge in [0.1, 0.15) is 0 Å². The Kier molecular flexibility index (Phi) is 3.93. The molecule has 0 saturated carbocycles. The van der Waals surface area contributed by atoms with Crippen LogP contribution in [-0.2, 0) is 14.3 Å². The maximum Gasteiger partial charge on any atom is 0.313 e. The van der Waals surface area contributed by atoms with E-state index in [1.807, 2.05) is 12.1 Å². The molecule has 0 aliphatic carbocycles. The Morgan fingerprint density at radius 2 is 2.06 bits per heavy atom. The van der Waals surface area contributed by atoms with Gasteiger partial charge in [0.05, 0.1) is 26.2 Å². The molecule has 1 atom stereocenters. The summed E-state index contributed by atoms with van der Waals surface area (Å²) >= 11 is 5.87. The van der Waals surface area contributed by atoms with Crippen LogP contribution in [0.2, 0.25) is 5.02 Å². The van der Waals surface area contributed by atoms with Crippen molar-refractivity contribution in [1.82, 2.24) is 0 Å². The normalized spacial score (nSPS) is 18.8. The minimum Gasteiger partial charge on any atom is -0.469 e. The average molecular weight is 269 g/mol. The van der Waals surface area contributed by atoms with Crippen molar-refractivity contribution in [3.05, 3.63) is 34.9 Å². The molecule has 0 amide bonds. The summed E-state index contributed by atoms with van der Waals surface area (Å²) in [6.07, 6.45) is 0.737. The maximum atomic E-state index is 11.9. The summed E-state index contributed by atoms with van der Waals surface area (Å²) in [5, 5.41) is 0.667. The van der Waals surface area contributed by atoms with Gasteiger partial charge in [-0.15, -0.1) is 0 Å². The Hall–Kier alpha value is -1.06. The molecule has 0 radical (unpaired) electrons. The molecular weight excluding hydrogens is 252 g/mol. The Labute approximate surface area is 112 Å². The summed E-state index contributed by atoms with van der Waals surface area (Å²) < 4.78 is 10.1. The molecule has 18 heavy (non-hydrogen) atoms. The zero-order chi connectivity index (χ0) is 13.2. The predicted molar refractivity (Wildman–Crippen MR) is 69.8 cm³/mol. The third kappa shape index (κ3) is 2.85. The van der Waals surface area contributed by atoms with Crippen LogP contribution in [0, 0.1) is 5.41 Å². The van der Waals surface area contributed by atoms with Crippen molar-refractivity contribution in [3.63, 3.8) is 0 Å². The Balaban J connectivity index is 2.19. The molecule has 0 N–H and O–H groups in total. The van der Waals surface area contributed by atoms with E-state index in [-0.39, 0.29) is 17.3 Å². The highest BCUT2D eigenvalue weighted by molar-refractivity contribution is 6.30. The van der Waals surface area contributed by atoms with Crippen LogP contribution in [0.5, 0.6) is 0 Å². The van der Waals surface area contributed by atoms with E-state index < -0.39 is 0 Å². The van der Waals surface area contributed by atoms with Gasteiger partial charge in [-0.05, 0) is 24.1 Å². The minimum atomic E-state index is -0.249. The highest BCUT2D eigenvalue weighted by atomic mass is 35.5. The van der Waals surface area contributed by atoms with Gasteiger partial charge in [-0.2, -0.15) is 0 Å². The number of methoxy groups -OCH3 is 1. The van der Waals surface area contributed by atoms with Crippen molar-refractivity contribution < 1.29 is 14.3 Å². The van der Waals surface area contributed by atoms with E-state index in [1.54, 1.807) is 12.1 Å². The lowest BCUT2D eigenvalue weighted by atomic mass is 9.77. The van der Waals surface area contributed by atoms with Crippen LogP contribution in [0.25, 0.3) is 0 Å². The number of benzene rings is 1. The van der Waals surface area contributed by atoms with E-state index in [1.165, 1.54) is 7.11 Å². The lowest BCUT2D eigenvalue weighted by Gasteiger charge is -2.40. The van der Waals surface area contributed by atoms with Crippen LogP contribution in [-0.4, -0.2) is 26.3 Å². The molecule has 0 spiro atoms. The number of carbonyl (C=O) groups is 1. The molecule has 1 heterocycles. The first-order chi connectivity index (χ1) is 8.54. The first-order valence-electron chi connectivity index (χ1n) is 5.95. The fourth-order valence-electron chi connectivity index (χ4n) is 2.24. The third-order valence-corrected chi connectivity index (χ3v) is 3.61. The van der Waals surface area contributed by atoms with Crippen molar-refractivity contribution in [1.29, 1.82) is 0 Å². The third-order valence-electron chi connectivity index (χ3n) is 3.36. The second kappa shape index (κ2) is 5.29. The summed E-state index contributed by atoms with van der Waals surface area (Å²) in [7, 11) is 1.42. The van der Waals surface area contributed by atoms with Gasteiger partial charge < -0.3 is 9.47 Å². The SMILES string of the molecule is COC(=O)C(CC1(C)COC1)c1ccc(Cl)cc1. The summed E-state index contributed by atoms with van der Waals surface area (Å²) in [5.74, 6) is -0.452. The number of hydrogen-bond donors (Lipinski definition) is 0. The molecule has 1 fully saturated rings. The number of rotatable bonds is 4. The topological polar surface area (TPSA) is 35.5 Å². The lowest BCUT2D eigenvalue weighted by molar-refractivity contribution is -0.148. The first kappa shape index (κ1) is 13.4. The molecule has 3 nitrogen and oxygen atoms in total. The minimum absolute atomic E-state index is 0.0679. The van der Waals surface area contributed by atoms with Crippen LogP contribution < -0.4 is 0 Å². The van der Waals surface area contributed by atoms with Crippen molar-refractivity contribution in [2.75, 3.05) is 20.3 Å². The van der Waals surface area contributed by atoms with E-state index in [0.29, 0.717) is 18.2 Å². The Morgan fingerprint density at radius 1 is 1.44 bits per heavy atom. The van der Waals surface area contributed by atoms with Gasteiger partial charge in [-0.3, -0.25) is 4.79 Å². The largest absolute Gasteiger partial charge is 0.469 e. The van der Waals surface area contributed by atoms with Gasteiger partial charge in [0.15, 0.2) is 0 Å². The fraction of sp³-hybridized carbons (Fsp3) is 0.500. The van der Waals surface area contributed by atoms with E-state index in [4.69, 9.17) is 21.1 Å². The smallest absolute Gasteiger partial charge is 0.313 e. The number of halogens is 1. The first-order valence-corrected chi connectivity index (χ1v) is 6.33. The summed E-state index contributed by atoms with van der Waals surface area (Å²) in [5.41, 5.74) is 1.01. The standard InChI is InChI=1S/C14H17ClO3/c1-14(8-18-9-14)7-12(13(16)17-2)10-3-5-11(15)6-4-10/h3-6,12H,7-9H2,1-2H3. The fourth-order valence-corrected chi connectivity index (χ4v) is 2.36. The second-order valence-electron chi connectivity index (χ2n) is 5.13. The van der Waals surface area contributed by atoms with Crippen LogP contribution in [0.4, 0.5) is 0 Å². The molecule has 0 aromatic heterocycles. The maximum absolute atomic E-state index is 11.9. The highest BCUT2D eigenvalue weighted by Crippen LogP contribution is 2.38. The molecule has 2 rings (SSSR count). The molecular formula is C14H17ClO3. The summed E-state index contributed by atoms with van der Waals surface area (Å²) in [6.45, 7) is 3.53. The van der Waals surface area contributed by atoms with E-state index in [9.17, 15) is 4.79 Å². The zero-order valence-corrected chi connectivity index (χ0v) is 11.4. The highest BCUT2D eigenvalue weighted by Gasteiger charge is 2.38. The summed E-state index contributed by atoms with van der Waals surface area (Å²) in [6, 6.07) is 7.36. The molecule has 0 bridgehead atoms. The van der Waals surface area contributed by atoms with Gasteiger partial charge in [0, 0.05) is 10.4 Å². The van der Waals surface area contributed by atoms with E-state index in [0.717, 1.165) is 12.0 Å². The second-order valence-corrected chi connectivity index (χ2v) is 5.57.